The molecule has 0 saturated heterocycles. The molecule has 1 aromatic heterocycles. The third-order valence-electron chi connectivity index (χ3n) is 2.59. The molecule has 0 saturated carbocycles. The van der Waals surface area contributed by atoms with Gasteiger partial charge in [0.1, 0.15) is 5.69 Å². The Kier molecular flexibility index (Phi) is 4.98. The number of hydrogen-bond donors (Lipinski definition) is 0. The lowest BCUT2D eigenvalue weighted by molar-refractivity contribution is 0.111. The van der Waals surface area contributed by atoms with Crippen molar-refractivity contribution >= 4 is 6.29 Å². The molecule has 0 fully saturated rings. The van der Waals surface area contributed by atoms with Crippen LogP contribution in [0.15, 0.2) is 18.3 Å². The van der Waals surface area contributed by atoms with Gasteiger partial charge >= 0.3 is 0 Å². The number of aldehydes is 1. The molecule has 0 amide bonds. The number of nitrogens with zero attached hydrogens (tertiary/aromatic N) is 1. The molecule has 0 radical (unpaired) electrons. The Hall–Kier alpha value is -1.22. The molecule has 0 bridgehead atoms. The van der Waals surface area contributed by atoms with Crippen LogP contribution in [-0.2, 0) is 4.74 Å². The number of methoxy groups -OCH3 is 1. The maximum absolute atomic E-state index is 10.8. The number of aromatic nitrogens is 1. The molecule has 1 unspecified atom stereocenters. The van der Waals surface area contributed by atoms with Crippen molar-refractivity contribution in [1.82, 2.24) is 4.98 Å². The van der Waals surface area contributed by atoms with Crippen LogP contribution in [0, 0.1) is 0 Å². The van der Waals surface area contributed by atoms with Crippen molar-refractivity contribution in [1.29, 1.82) is 0 Å². The fraction of sp³-hybridized carbons (Fsp3) is 0.500. The van der Waals surface area contributed by atoms with E-state index in [1.165, 1.54) is 0 Å². The molecule has 0 spiro atoms. The van der Waals surface area contributed by atoms with E-state index >= 15 is 0 Å². The Labute approximate surface area is 90.5 Å². The van der Waals surface area contributed by atoms with Gasteiger partial charge in [-0.25, -0.2) is 0 Å². The number of pyridine rings is 1. The molecule has 15 heavy (non-hydrogen) atoms. The summed E-state index contributed by atoms with van der Waals surface area (Å²) in [5.74, 6) is 0.360. The highest BCUT2D eigenvalue weighted by Gasteiger charge is 2.13. The molecule has 1 aromatic rings. The largest absolute Gasteiger partial charge is 0.385 e. The number of hydrogen-bond acceptors (Lipinski definition) is 3. The molecular weight excluding hydrogens is 190 g/mol. The van der Waals surface area contributed by atoms with Gasteiger partial charge in [-0.15, -0.1) is 0 Å². The van der Waals surface area contributed by atoms with Crippen LogP contribution < -0.4 is 0 Å². The standard InChI is InChI=1S/C12H17NO2/c1-3-10(6-8-15-2)11-5-4-7-13-12(11)9-14/h4-5,7,9-10H,3,6,8H2,1-2H3. The van der Waals surface area contributed by atoms with E-state index in [2.05, 4.69) is 11.9 Å². The quantitative estimate of drug-likeness (QED) is 0.672. The lowest BCUT2D eigenvalue weighted by Crippen LogP contribution is -2.06. The number of ether oxygens (including phenoxy) is 1. The number of carbonyl (C=O) groups is 1. The van der Waals surface area contributed by atoms with E-state index in [1.807, 2.05) is 12.1 Å². The highest BCUT2D eigenvalue weighted by Crippen LogP contribution is 2.24. The van der Waals surface area contributed by atoms with Gasteiger partial charge in [-0.2, -0.15) is 0 Å². The zero-order valence-electron chi connectivity index (χ0n) is 9.27. The van der Waals surface area contributed by atoms with Crippen LogP contribution >= 0.6 is 0 Å². The lowest BCUT2D eigenvalue weighted by Gasteiger charge is -2.15. The molecule has 1 heterocycles. The Morgan fingerprint density at radius 3 is 3.00 bits per heavy atom. The highest BCUT2D eigenvalue weighted by molar-refractivity contribution is 5.74. The van der Waals surface area contributed by atoms with Gasteiger partial charge < -0.3 is 4.74 Å². The smallest absolute Gasteiger partial charge is 0.168 e. The first-order valence-corrected chi connectivity index (χ1v) is 5.22. The van der Waals surface area contributed by atoms with E-state index in [4.69, 9.17) is 4.74 Å². The van der Waals surface area contributed by atoms with Gasteiger partial charge in [-0.05, 0) is 30.4 Å². The van der Waals surface area contributed by atoms with E-state index in [1.54, 1.807) is 13.3 Å². The van der Waals surface area contributed by atoms with Gasteiger partial charge in [0.2, 0.25) is 0 Å². The summed E-state index contributed by atoms with van der Waals surface area (Å²) in [6, 6.07) is 3.85. The number of rotatable bonds is 6. The third kappa shape index (κ3) is 3.13. The van der Waals surface area contributed by atoms with Gasteiger partial charge in [-0.3, -0.25) is 9.78 Å². The molecule has 0 aliphatic heterocycles. The third-order valence-corrected chi connectivity index (χ3v) is 2.59. The first-order valence-electron chi connectivity index (χ1n) is 5.22. The zero-order valence-corrected chi connectivity index (χ0v) is 9.27. The van der Waals surface area contributed by atoms with Crippen LogP contribution in [0.3, 0.4) is 0 Å². The lowest BCUT2D eigenvalue weighted by atomic mass is 9.92. The number of carbonyl (C=O) groups excluding carboxylic acids is 1. The topological polar surface area (TPSA) is 39.2 Å². The monoisotopic (exact) mass is 207 g/mol. The van der Waals surface area contributed by atoms with Gasteiger partial charge in [0.15, 0.2) is 6.29 Å². The van der Waals surface area contributed by atoms with Crippen molar-refractivity contribution in [2.75, 3.05) is 13.7 Å². The van der Waals surface area contributed by atoms with Gasteiger partial charge in [-0.1, -0.05) is 13.0 Å². The molecule has 0 aliphatic carbocycles. The second kappa shape index (κ2) is 6.30. The molecular formula is C12H17NO2. The maximum Gasteiger partial charge on any atom is 0.168 e. The Morgan fingerprint density at radius 2 is 2.40 bits per heavy atom. The molecule has 3 nitrogen and oxygen atoms in total. The second-order valence-electron chi connectivity index (χ2n) is 3.48. The van der Waals surface area contributed by atoms with Crippen LogP contribution in [0.1, 0.15) is 41.7 Å². The molecule has 0 aliphatic rings. The van der Waals surface area contributed by atoms with Crippen LogP contribution in [0.2, 0.25) is 0 Å². The highest BCUT2D eigenvalue weighted by atomic mass is 16.5. The summed E-state index contributed by atoms with van der Waals surface area (Å²) >= 11 is 0. The predicted molar refractivity (Wildman–Crippen MR) is 59.1 cm³/mol. The van der Waals surface area contributed by atoms with Crippen LogP contribution in [-0.4, -0.2) is 25.0 Å². The van der Waals surface area contributed by atoms with E-state index < -0.39 is 0 Å². The van der Waals surface area contributed by atoms with Gasteiger partial charge in [0.25, 0.3) is 0 Å². The second-order valence-corrected chi connectivity index (χ2v) is 3.48. The van der Waals surface area contributed by atoms with E-state index in [-0.39, 0.29) is 0 Å². The minimum atomic E-state index is 0.360. The molecule has 0 N–H and O–H groups in total. The van der Waals surface area contributed by atoms with Gasteiger partial charge in [0.05, 0.1) is 0 Å². The minimum Gasteiger partial charge on any atom is -0.385 e. The molecule has 0 aromatic carbocycles. The van der Waals surface area contributed by atoms with E-state index in [0.717, 1.165) is 24.7 Å². The van der Waals surface area contributed by atoms with Crippen molar-refractivity contribution in [2.24, 2.45) is 0 Å². The summed E-state index contributed by atoms with van der Waals surface area (Å²) < 4.78 is 5.06. The Morgan fingerprint density at radius 1 is 1.60 bits per heavy atom. The first-order chi connectivity index (χ1) is 7.33. The van der Waals surface area contributed by atoms with Crippen molar-refractivity contribution < 1.29 is 9.53 Å². The maximum atomic E-state index is 10.8. The van der Waals surface area contributed by atoms with E-state index in [0.29, 0.717) is 18.2 Å². The van der Waals surface area contributed by atoms with Crippen molar-refractivity contribution in [2.45, 2.75) is 25.7 Å². The SMILES string of the molecule is CCC(CCOC)c1cccnc1C=O. The van der Waals surface area contributed by atoms with Crippen LogP contribution in [0.25, 0.3) is 0 Å². The summed E-state index contributed by atoms with van der Waals surface area (Å²) in [7, 11) is 1.69. The Balaban J connectivity index is 2.85. The van der Waals surface area contributed by atoms with Crippen molar-refractivity contribution in [3.05, 3.63) is 29.6 Å². The van der Waals surface area contributed by atoms with Crippen LogP contribution in [0.4, 0.5) is 0 Å². The average Bonchev–Trinajstić information content (AvgIpc) is 2.30. The summed E-state index contributed by atoms with van der Waals surface area (Å²) in [6.45, 7) is 2.83. The first kappa shape index (κ1) is 11.9. The zero-order chi connectivity index (χ0) is 11.1. The summed E-state index contributed by atoms with van der Waals surface area (Å²) in [5.41, 5.74) is 1.59. The minimum absolute atomic E-state index is 0.360. The van der Waals surface area contributed by atoms with Gasteiger partial charge in [0, 0.05) is 19.9 Å². The summed E-state index contributed by atoms with van der Waals surface area (Å²) in [5, 5.41) is 0. The average molecular weight is 207 g/mol. The van der Waals surface area contributed by atoms with Crippen molar-refractivity contribution in [3.8, 4) is 0 Å². The Bertz CT molecular complexity index is 312. The summed E-state index contributed by atoms with van der Waals surface area (Å²) in [4.78, 5) is 14.9. The van der Waals surface area contributed by atoms with E-state index in [9.17, 15) is 4.79 Å². The fourth-order valence-electron chi connectivity index (χ4n) is 1.71. The normalized spacial score (nSPS) is 12.4. The van der Waals surface area contributed by atoms with Crippen molar-refractivity contribution in [3.63, 3.8) is 0 Å². The molecule has 1 atom stereocenters. The predicted octanol–water partition coefficient (Wildman–Crippen LogP) is 2.42. The molecule has 82 valence electrons. The molecule has 3 heteroatoms. The van der Waals surface area contributed by atoms with Crippen LogP contribution in [0.5, 0.6) is 0 Å². The molecule has 1 rings (SSSR count). The summed E-state index contributed by atoms with van der Waals surface area (Å²) in [6.07, 6.45) is 4.40. The fourth-order valence-corrected chi connectivity index (χ4v) is 1.71.